The summed E-state index contributed by atoms with van der Waals surface area (Å²) in [5, 5.41) is 13.6. The summed E-state index contributed by atoms with van der Waals surface area (Å²) in [6, 6.07) is 4.64. The van der Waals surface area contributed by atoms with Crippen LogP contribution in [0.15, 0.2) is 42.2 Å². The predicted octanol–water partition coefficient (Wildman–Crippen LogP) is 2.91. The first-order valence-corrected chi connectivity index (χ1v) is 11.8. The van der Waals surface area contributed by atoms with E-state index >= 15 is 0 Å². The molecule has 3 heterocycles. The average molecular weight is 533 g/mol. The van der Waals surface area contributed by atoms with E-state index in [1.807, 2.05) is 4.90 Å². The maximum atomic E-state index is 12.8. The fourth-order valence-electron chi connectivity index (χ4n) is 3.41. The molecule has 1 amide bonds. The molecule has 11 nitrogen and oxygen atoms in total. The molecular formula is C22H23F3N10OS. The lowest BCUT2D eigenvalue weighted by atomic mass is 10.1. The molecule has 5 N–H and O–H groups in total. The van der Waals surface area contributed by atoms with Crippen LogP contribution in [0.2, 0.25) is 0 Å². The zero-order valence-electron chi connectivity index (χ0n) is 19.6. The molecule has 1 fully saturated rings. The first kappa shape index (κ1) is 26.0. The minimum absolute atomic E-state index is 0.0720. The molecule has 37 heavy (non-hydrogen) atoms. The van der Waals surface area contributed by atoms with Crippen LogP contribution in [0.1, 0.15) is 26.6 Å². The van der Waals surface area contributed by atoms with Gasteiger partial charge in [0.15, 0.2) is 5.84 Å². The van der Waals surface area contributed by atoms with Gasteiger partial charge in [0, 0.05) is 31.7 Å². The quantitative estimate of drug-likeness (QED) is 0.266. The summed E-state index contributed by atoms with van der Waals surface area (Å²) < 4.78 is 38.3. The number of piperazine rings is 1. The van der Waals surface area contributed by atoms with E-state index in [0.717, 1.165) is 26.2 Å². The second kappa shape index (κ2) is 10.9. The zero-order valence-corrected chi connectivity index (χ0v) is 20.4. The fraction of sp³-hybridized carbons (Fsp3) is 0.273. The number of nitrogens with one attached hydrogen (secondary N) is 3. The van der Waals surface area contributed by atoms with Gasteiger partial charge in [-0.25, -0.2) is 15.0 Å². The number of carbonyl (C=O) groups is 1. The minimum Gasteiger partial charge on any atom is -0.382 e. The van der Waals surface area contributed by atoms with Gasteiger partial charge in [-0.3, -0.25) is 10.1 Å². The number of hydrogen-bond acceptors (Lipinski definition) is 10. The highest BCUT2D eigenvalue weighted by atomic mass is 32.1. The Morgan fingerprint density at radius 2 is 2.05 bits per heavy atom. The van der Waals surface area contributed by atoms with Crippen LogP contribution in [-0.2, 0) is 6.18 Å². The highest BCUT2D eigenvalue weighted by Crippen LogP contribution is 2.33. The molecule has 15 heteroatoms. The first-order chi connectivity index (χ1) is 17.7. The number of amidine groups is 1. The number of benzene rings is 1. The number of alkyl halides is 3. The summed E-state index contributed by atoms with van der Waals surface area (Å²) in [5.41, 5.74) is 8.44. The molecule has 0 unspecified atom stereocenters. The highest BCUT2D eigenvalue weighted by Gasteiger charge is 2.35. The van der Waals surface area contributed by atoms with Crippen molar-refractivity contribution in [3.05, 3.63) is 59.0 Å². The van der Waals surface area contributed by atoms with Gasteiger partial charge >= 0.3 is 6.18 Å². The van der Waals surface area contributed by atoms with Gasteiger partial charge in [-0.1, -0.05) is 24.0 Å². The number of nitrogens with two attached hydrogens (primary N) is 1. The van der Waals surface area contributed by atoms with Gasteiger partial charge in [0.1, 0.15) is 5.69 Å². The number of halogens is 3. The third-order valence-corrected chi connectivity index (χ3v) is 6.16. The Morgan fingerprint density at radius 3 is 2.73 bits per heavy atom. The monoisotopic (exact) mass is 532 g/mol. The number of nitrogens with zero attached hydrogens (tertiary/aromatic N) is 6. The van der Waals surface area contributed by atoms with Crippen LogP contribution in [0.25, 0.3) is 0 Å². The summed E-state index contributed by atoms with van der Waals surface area (Å²) in [6.07, 6.45) is -1.58. The maximum Gasteiger partial charge on any atom is 0.445 e. The lowest BCUT2D eigenvalue weighted by Gasteiger charge is -2.27. The molecule has 0 bridgehead atoms. The Bertz CT molecular complexity index is 1330. The normalized spacial score (nSPS) is 14.4. The van der Waals surface area contributed by atoms with Crippen molar-refractivity contribution in [2.45, 2.75) is 13.1 Å². The maximum absolute atomic E-state index is 12.8. The molecule has 2 aromatic heterocycles. The molecule has 4 rings (SSSR count). The van der Waals surface area contributed by atoms with Gasteiger partial charge < -0.3 is 21.3 Å². The average Bonchev–Trinajstić information content (AvgIpc) is 3.35. The SMILES string of the molecule is C=CNc1cnc(N2CCNCC2)nc1C(N)=Nc1cc(C(=O)Nc2nnc(C(F)(F)F)s2)ccc1C. The van der Waals surface area contributed by atoms with E-state index in [2.05, 4.69) is 47.7 Å². The van der Waals surface area contributed by atoms with Gasteiger partial charge in [0.25, 0.3) is 5.91 Å². The zero-order chi connectivity index (χ0) is 26.6. The summed E-state index contributed by atoms with van der Waals surface area (Å²) >= 11 is 0.233. The van der Waals surface area contributed by atoms with Crippen LogP contribution in [0.3, 0.4) is 0 Å². The summed E-state index contributed by atoms with van der Waals surface area (Å²) in [4.78, 5) is 28.2. The van der Waals surface area contributed by atoms with Gasteiger partial charge in [0.05, 0.1) is 17.6 Å². The minimum atomic E-state index is -4.64. The van der Waals surface area contributed by atoms with Gasteiger partial charge in [-0.15, -0.1) is 10.2 Å². The van der Waals surface area contributed by atoms with Crippen molar-refractivity contribution in [2.75, 3.05) is 41.7 Å². The third kappa shape index (κ3) is 6.18. The Labute approximate surface area is 213 Å². The predicted molar refractivity (Wildman–Crippen MR) is 135 cm³/mol. The van der Waals surface area contributed by atoms with Crippen LogP contribution < -0.4 is 26.6 Å². The van der Waals surface area contributed by atoms with Crippen molar-refractivity contribution >= 4 is 45.5 Å². The number of aliphatic imine (C=N–C) groups is 1. The van der Waals surface area contributed by atoms with Gasteiger partial charge in [0.2, 0.25) is 16.1 Å². The molecule has 3 aromatic rings. The molecule has 0 saturated carbocycles. The second-order valence-corrected chi connectivity index (χ2v) is 8.86. The van der Waals surface area contributed by atoms with Crippen molar-refractivity contribution in [1.82, 2.24) is 25.5 Å². The Balaban J connectivity index is 1.61. The third-order valence-electron chi connectivity index (χ3n) is 5.28. The van der Waals surface area contributed by atoms with E-state index in [1.165, 1.54) is 18.3 Å². The Morgan fingerprint density at radius 1 is 1.30 bits per heavy atom. The number of aryl methyl sites for hydroxylation is 1. The molecule has 194 valence electrons. The van der Waals surface area contributed by atoms with Crippen LogP contribution in [0, 0.1) is 6.92 Å². The lowest BCUT2D eigenvalue weighted by Crippen LogP contribution is -2.44. The molecular weight excluding hydrogens is 509 g/mol. The molecule has 0 radical (unpaired) electrons. The number of anilines is 3. The standard InChI is InChI=1S/C22H23F3N10OS/c1-3-28-15-11-29-20(35-8-6-27-7-9-35)31-16(15)17(26)30-14-10-13(5-4-12(14)2)18(36)32-21-34-33-19(37-21)22(23,24)25/h3-5,10-11,27-28H,1,6-9H2,2H3,(H2,26,30)(H,32,34,36). The lowest BCUT2D eigenvalue weighted by molar-refractivity contribution is -0.138. The largest absolute Gasteiger partial charge is 0.445 e. The summed E-state index contributed by atoms with van der Waals surface area (Å²) in [6.45, 7) is 8.53. The highest BCUT2D eigenvalue weighted by molar-refractivity contribution is 7.15. The molecule has 1 aromatic carbocycles. The molecule has 0 atom stereocenters. The molecule has 1 aliphatic rings. The Kier molecular flexibility index (Phi) is 7.63. The van der Waals surface area contributed by atoms with Crippen LogP contribution in [0.4, 0.5) is 35.6 Å². The van der Waals surface area contributed by atoms with Gasteiger partial charge in [-0.05, 0) is 30.8 Å². The number of carbonyl (C=O) groups excluding carboxylic acids is 1. The van der Waals surface area contributed by atoms with E-state index in [9.17, 15) is 18.0 Å². The topological polar surface area (TPSA) is 146 Å². The smallest absolute Gasteiger partial charge is 0.382 e. The van der Waals surface area contributed by atoms with E-state index in [0.29, 0.717) is 28.6 Å². The van der Waals surface area contributed by atoms with Crippen LogP contribution in [0.5, 0.6) is 0 Å². The van der Waals surface area contributed by atoms with E-state index < -0.39 is 17.1 Å². The van der Waals surface area contributed by atoms with Gasteiger partial charge in [-0.2, -0.15) is 13.2 Å². The van der Waals surface area contributed by atoms with Crippen molar-refractivity contribution < 1.29 is 18.0 Å². The van der Waals surface area contributed by atoms with E-state index in [4.69, 9.17) is 5.73 Å². The molecule has 1 saturated heterocycles. The van der Waals surface area contributed by atoms with Crippen LogP contribution >= 0.6 is 11.3 Å². The van der Waals surface area contributed by atoms with Crippen molar-refractivity contribution in [3.63, 3.8) is 0 Å². The fourth-order valence-corrected chi connectivity index (χ4v) is 4.02. The number of aromatic nitrogens is 4. The summed E-state index contributed by atoms with van der Waals surface area (Å²) in [5.74, 6) is -0.0935. The molecule has 1 aliphatic heterocycles. The number of rotatable bonds is 7. The van der Waals surface area contributed by atoms with E-state index in [-0.39, 0.29) is 27.9 Å². The van der Waals surface area contributed by atoms with Crippen molar-refractivity contribution in [1.29, 1.82) is 0 Å². The molecule has 0 spiro atoms. The second-order valence-electron chi connectivity index (χ2n) is 7.88. The van der Waals surface area contributed by atoms with Crippen LogP contribution in [-0.4, -0.2) is 58.1 Å². The Hall–Kier alpha value is -4.11. The first-order valence-electron chi connectivity index (χ1n) is 11.0. The molecule has 0 aliphatic carbocycles. The van der Waals surface area contributed by atoms with Crippen molar-refractivity contribution in [2.24, 2.45) is 10.7 Å². The van der Waals surface area contributed by atoms with Crippen molar-refractivity contribution in [3.8, 4) is 0 Å². The number of amides is 1. The summed E-state index contributed by atoms with van der Waals surface area (Å²) in [7, 11) is 0. The van der Waals surface area contributed by atoms with E-state index in [1.54, 1.807) is 19.2 Å². The number of hydrogen-bond donors (Lipinski definition) is 4.